The Bertz CT molecular complexity index is 762. The van der Waals surface area contributed by atoms with Crippen LogP contribution in [0.5, 0.6) is 5.75 Å². The Hall–Kier alpha value is -2.88. The summed E-state index contributed by atoms with van der Waals surface area (Å²) in [6.07, 6.45) is 2.54. The van der Waals surface area contributed by atoms with Crippen molar-refractivity contribution in [2.45, 2.75) is 13.5 Å². The minimum atomic E-state index is 0.538. The highest BCUT2D eigenvalue weighted by molar-refractivity contribution is 5.76. The predicted molar refractivity (Wildman–Crippen MR) is 84.5 cm³/mol. The fourth-order valence-corrected chi connectivity index (χ4v) is 2.16. The van der Waals surface area contributed by atoms with Crippen molar-refractivity contribution >= 4 is 6.29 Å². The summed E-state index contributed by atoms with van der Waals surface area (Å²) in [7, 11) is 0. The zero-order valence-corrected chi connectivity index (χ0v) is 12.3. The van der Waals surface area contributed by atoms with Gasteiger partial charge in [0.15, 0.2) is 6.29 Å². The summed E-state index contributed by atoms with van der Waals surface area (Å²) >= 11 is 0. The lowest BCUT2D eigenvalue weighted by molar-refractivity contribution is 0.112. The summed E-state index contributed by atoms with van der Waals surface area (Å²) in [4.78, 5) is 10.9. The molecular formula is C18H16N2O2. The lowest BCUT2D eigenvalue weighted by Gasteiger charge is -2.07. The molecule has 4 nitrogen and oxygen atoms in total. The van der Waals surface area contributed by atoms with Crippen molar-refractivity contribution in [1.29, 1.82) is 0 Å². The molecule has 0 fully saturated rings. The monoisotopic (exact) mass is 292 g/mol. The van der Waals surface area contributed by atoms with Crippen LogP contribution in [0.2, 0.25) is 0 Å². The number of aldehydes is 1. The number of carbonyl (C=O) groups excluding carboxylic acids is 1. The van der Waals surface area contributed by atoms with E-state index in [1.807, 2.05) is 61.5 Å². The standard InChI is InChI=1S/C18H16N2O2/c1-14-16(12-21)11-20(19-14)17-7-9-18(10-8-17)22-13-15-5-3-2-4-6-15/h2-12H,13H2,1H3. The second-order valence-electron chi connectivity index (χ2n) is 5.00. The van der Waals surface area contributed by atoms with Crippen LogP contribution in [0, 0.1) is 6.92 Å². The molecule has 0 aliphatic rings. The largest absolute Gasteiger partial charge is 0.489 e. The fraction of sp³-hybridized carbons (Fsp3) is 0.111. The molecule has 110 valence electrons. The summed E-state index contributed by atoms with van der Waals surface area (Å²) in [5.41, 5.74) is 3.34. The molecule has 1 aromatic heterocycles. The Labute approximate surface area is 129 Å². The molecule has 3 aromatic rings. The molecule has 0 atom stereocenters. The predicted octanol–water partition coefficient (Wildman–Crippen LogP) is 3.57. The van der Waals surface area contributed by atoms with Gasteiger partial charge in [-0.3, -0.25) is 4.79 Å². The van der Waals surface area contributed by atoms with Gasteiger partial charge < -0.3 is 4.74 Å². The Morgan fingerprint density at radius 3 is 2.45 bits per heavy atom. The van der Waals surface area contributed by atoms with Crippen molar-refractivity contribution in [3.63, 3.8) is 0 Å². The molecule has 1 heterocycles. The number of hydrogen-bond donors (Lipinski definition) is 0. The average Bonchev–Trinajstić information content (AvgIpc) is 2.95. The van der Waals surface area contributed by atoms with Crippen LogP contribution in [0.1, 0.15) is 21.6 Å². The maximum atomic E-state index is 10.9. The smallest absolute Gasteiger partial charge is 0.153 e. The first-order valence-electron chi connectivity index (χ1n) is 7.05. The van der Waals surface area contributed by atoms with Gasteiger partial charge in [-0.1, -0.05) is 30.3 Å². The van der Waals surface area contributed by atoms with Crippen molar-refractivity contribution in [1.82, 2.24) is 9.78 Å². The number of aryl methyl sites for hydroxylation is 1. The van der Waals surface area contributed by atoms with Crippen LogP contribution in [0.15, 0.2) is 60.8 Å². The third kappa shape index (κ3) is 3.06. The van der Waals surface area contributed by atoms with Crippen LogP contribution < -0.4 is 4.74 Å². The second kappa shape index (κ2) is 6.26. The Balaban J connectivity index is 1.71. The Morgan fingerprint density at radius 2 is 1.82 bits per heavy atom. The molecule has 0 radical (unpaired) electrons. The average molecular weight is 292 g/mol. The molecule has 0 N–H and O–H groups in total. The highest BCUT2D eigenvalue weighted by Crippen LogP contribution is 2.17. The van der Waals surface area contributed by atoms with Gasteiger partial charge >= 0.3 is 0 Å². The molecule has 0 aliphatic carbocycles. The summed E-state index contributed by atoms with van der Waals surface area (Å²) in [5, 5.41) is 4.32. The molecule has 3 rings (SSSR count). The molecule has 2 aromatic carbocycles. The van der Waals surface area contributed by atoms with Gasteiger partial charge in [-0.25, -0.2) is 4.68 Å². The second-order valence-corrected chi connectivity index (χ2v) is 5.00. The first-order valence-corrected chi connectivity index (χ1v) is 7.05. The third-order valence-electron chi connectivity index (χ3n) is 3.41. The number of carbonyl (C=O) groups is 1. The zero-order chi connectivity index (χ0) is 15.4. The van der Waals surface area contributed by atoms with Crippen LogP contribution in [-0.4, -0.2) is 16.1 Å². The highest BCUT2D eigenvalue weighted by Gasteiger charge is 2.05. The third-order valence-corrected chi connectivity index (χ3v) is 3.41. The van der Waals surface area contributed by atoms with E-state index in [4.69, 9.17) is 4.74 Å². The van der Waals surface area contributed by atoms with Crippen molar-refractivity contribution in [3.05, 3.63) is 77.6 Å². The molecule has 0 unspecified atom stereocenters. The van der Waals surface area contributed by atoms with Crippen LogP contribution in [-0.2, 0) is 6.61 Å². The lowest BCUT2D eigenvalue weighted by Crippen LogP contribution is -1.97. The number of hydrogen-bond acceptors (Lipinski definition) is 3. The maximum absolute atomic E-state index is 10.9. The van der Waals surface area contributed by atoms with E-state index in [0.29, 0.717) is 12.2 Å². The van der Waals surface area contributed by atoms with E-state index in [9.17, 15) is 4.79 Å². The normalized spacial score (nSPS) is 10.4. The molecule has 0 spiro atoms. The Kier molecular flexibility index (Phi) is 4.01. The van der Waals surface area contributed by atoms with Gasteiger partial charge in [-0.2, -0.15) is 5.10 Å². The SMILES string of the molecule is Cc1nn(-c2ccc(OCc3ccccc3)cc2)cc1C=O. The topological polar surface area (TPSA) is 44.1 Å². The molecule has 4 heteroatoms. The van der Waals surface area contributed by atoms with Crippen molar-refractivity contribution in [2.24, 2.45) is 0 Å². The van der Waals surface area contributed by atoms with E-state index in [2.05, 4.69) is 5.10 Å². The van der Waals surface area contributed by atoms with Gasteiger partial charge in [0, 0.05) is 6.20 Å². The fourth-order valence-electron chi connectivity index (χ4n) is 2.16. The number of nitrogens with zero attached hydrogens (tertiary/aromatic N) is 2. The minimum absolute atomic E-state index is 0.538. The molecule has 0 amide bonds. The van der Waals surface area contributed by atoms with Crippen molar-refractivity contribution in [3.8, 4) is 11.4 Å². The first kappa shape index (κ1) is 14.1. The zero-order valence-electron chi connectivity index (χ0n) is 12.3. The highest BCUT2D eigenvalue weighted by atomic mass is 16.5. The van der Waals surface area contributed by atoms with Gasteiger partial charge in [0.25, 0.3) is 0 Å². The number of aromatic nitrogens is 2. The molecular weight excluding hydrogens is 276 g/mol. The molecule has 22 heavy (non-hydrogen) atoms. The molecule has 0 aliphatic heterocycles. The van der Waals surface area contributed by atoms with E-state index in [0.717, 1.165) is 29.0 Å². The summed E-state index contributed by atoms with van der Waals surface area (Å²) in [5.74, 6) is 0.798. The van der Waals surface area contributed by atoms with Crippen LogP contribution in [0.25, 0.3) is 5.69 Å². The maximum Gasteiger partial charge on any atom is 0.153 e. The van der Waals surface area contributed by atoms with Gasteiger partial charge in [0.1, 0.15) is 12.4 Å². The van der Waals surface area contributed by atoms with Gasteiger partial charge in [-0.15, -0.1) is 0 Å². The molecule has 0 saturated heterocycles. The van der Waals surface area contributed by atoms with E-state index in [1.165, 1.54) is 0 Å². The minimum Gasteiger partial charge on any atom is -0.489 e. The van der Waals surface area contributed by atoms with Gasteiger partial charge in [0.2, 0.25) is 0 Å². The van der Waals surface area contributed by atoms with Crippen molar-refractivity contribution in [2.75, 3.05) is 0 Å². The number of benzene rings is 2. The van der Waals surface area contributed by atoms with Crippen LogP contribution in [0.4, 0.5) is 0 Å². The Morgan fingerprint density at radius 1 is 1.09 bits per heavy atom. The van der Waals surface area contributed by atoms with Crippen LogP contribution >= 0.6 is 0 Å². The first-order chi connectivity index (χ1) is 10.8. The number of rotatable bonds is 5. The molecule has 0 saturated carbocycles. The van der Waals surface area contributed by atoms with E-state index >= 15 is 0 Å². The van der Waals surface area contributed by atoms with E-state index in [-0.39, 0.29) is 0 Å². The molecule has 0 bridgehead atoms. The van der Waals surface area contributed by atoms with Gasteiger partial charge in [-0.05, 0) is 36.8 Å². The number of ether oxygens (including phenoxy) is 1. The van der Waals surface area contributed by atoms with Crippen LogP contribution in [0.3, 0.4) is 0 Å². The quantitative estimate of drug-likeness (QED) is 0.675. The van der Waals surface area contributed by atoms with E-state index < -0.39 is 0 Å². The van der Waals surface area contributed by atoms with Crippen molar-refractivity contribution < 1.29 is 9.53 Å². The lowest BCUT2D eigenvalue weighted by atomic mass is 10.2. The van der Waals surface area contributed by atoms with Gasteiger partial charge in [0.05, 0.1) is 16.9 Å². The summed E-state index contributed by atoms with van der Waals surface area (Å²) in [6, 6.07) is 17.7. The van der Waals surface area contributed by atoms with E-state index in [1.54, 1.807) is 10.9 Å². The summed E-state index contributed by atoms with van der Waals surface area (Å²) < 4.78 is 7.44. The summed E-state index contributed by atoms with van der Waals surface area (Å²) in [6.45, 7) is 2.36.